The minimum Gasteiger partial charge on any atom is -0.383 e. The molecule has 13 heteroatoms. The van der Waals surface area contributed by atoms with Crippen molar-refractivity contribution in [3.63, 3.8) is 0 Å². The van der Waals surface area contributed by atoms with Crippen LogP contribution in [0.1, 0.15) is 16.1 Å². The van der Waals surface area contributed by atoms with Gasteiger partial charge in [0.25, 0.3) is 11.6 Å². The molecule has 0 fully saturated rings. The van der Waals surface area contributed by atoms with E-state index >= 15 is 0 Å². The number of amides is 1. The third-order valence-electron chi connectivity index (χ3n) is 2.97. The molecule has 0 aliphatic carbocycles. The lowest BCUT2D eigenvalue weighted by Gasteiger charge is -2.14. The number of anilines is 2. The van der Waals surface area contributed by atoms with Crippen molar-refractivity contribution in [1.29, 1.82) is 0 Å². The van der Waals surface area contributed by atoms with Crippen LogP contribution in [-0.4, -0.2) is 34.2 Å². The number of aromatic nitrogens is 2. The molecule has 0 saturated carbocycles. The van der Waals surface area contributed by atoms with Crippen LogP contribution in [0.15, 0.2) is 22.8 Å². The minimum absolute atomic E-state index is 0.0700. The molecule has 0 unspecified atom stereocenters. The number of hydrogen-bond acceptors (Lipinski definition) is 8. The van der Waals surface area contributed by atoms with Crippen LogP contribution in [0, 0.1) is 10.1 Å². The van der Waals surface area contributed by atoms with E-state index in [1.807, 2.05) is 0 Å². The Bertz CT molecular complexity index is 791. The molecule has 25 heavy (non-hydrogen) atoms. The van der Waals surface area contributed by atoms with Crippen molar-refractivity contribution in [2.45, 2.75) is 6.18 Å². The van der Waals surface area contributed by atoms with Crippen LogP contribution < -0.4 is 16.4 Å². The highest BCUT2D eigenvalue weighted by molar-refractivity contribution is 5.95. The summed E-state index contributed by atoms with van der Waals surface area (Å²) in [6.07, 6.45) is -4.78. The van der Waals surface area contributed by atoms with E-state index in [-0.39, 0.29) is 30.3 Å². The minimum atomic E-state index is -4.78. The molecular weight excluding hydrogens is 349 g/mol. The van der Waals surface area contributed by atoms with Crippen molar-refractivity contribution in [1.82, 2.24) is 15.6 Å². The number of nitrogens with one attached hydrogen (secondary N) is 2. The second kappa shape index (κ2) is 7.02. The number of carbonyl (C=O) groups is 1. The Hall–Kier alpha value is -3.38. The highest BCUT2D eigenvalue weighted by atomic mass is 19.4. The van der Waals surface area contributed by atoms with Gasteiger partial charge in [-0.3, -0.25) is 14.9 Å². The maximum atomic E-state index is 13.0. The van der Waals surface area contributed by atoms with Gasteiger partial charge >= 0.3 is 6.18 Å². The normalized spacial score (nSPS) is 11.2. The van der Waals surface area contributed by atoms with Gasteiger partial charge in [-0.15, -0.1) is 0 Å². The van der Waals surface area contributed by atoms with Crippen molar-refractivity contribution >= 4 is 23.1 Å². The number of carbonyl (C=O) groups excluding carboxylic acids is 1. The van der Waals surface area contributed by atoms with E-state index in [1.165, 1.54) is 0 Å². The molecule has 1 aromatic heterocycles. The number of nitrogen functional groups attached to an aromatic ring is 1. The quantitative estimate of drug-likeness (QED) is 0.398. The number of nitrogens with two attached hydrogens (primary N) is 1. The van der Waals surface area contributed by atoms with Crippen molar-refractivity contribution in [3.8, 4) is 0 Å². The fourth-order valence-corrected chi connectivity index (χ4v) is 1.84. The number of rotatable bonds is 6. The molecular formula is C12H11F3N6O4. The lowest BCUT2D eigenvalue weighted by Crippen LogP contribution is -2.29. The number of halogens is 3. The first-order chi connectivity index (χ1) is 11.7. The topological polar surface area (TPSA) is 149 Å². The predicted octanol–water partition coefficient (Wildman–Crippen LogP) is 1.42. The van der Waals surface area contributed by atoms with Gasteiger partial charge in [-0.25, -0.2) is 4.63 Å². The highest BCUT2D eigenvalue weighted by Gasteiger charge is 2.35. The first-order valence-corrected chi connectivity index (χ1v) is 6.66. The smallest absolute Gasteiger partial charge is 0.383 e. The first-order valence-electron chi connectivity index (χ1n) is 6.66. The maximum Gasteiger partial charge on any atom is 0.418 e. The fourth-order valence-electron chi connectivity index (χ4n) is 1.84. The van der Waals surface area contributed by atoms with E-state index < -0.39 is 28.3 Å². The average Bonchev–Trinajstić information content (AvgIpc) is 2.96. The summed E-state index contributed by atoms with van der Waals surface area (Å²) in [7, 11) is 0. The zero-order valence-corrected chi connectivity index (χ0v) is 12.3. The Morgan fingerprint density at radius 3 is 2.60 bits per heavy atom. The first kappa shape index (κ1) is 18.0. The molecule has 2 aromatic rings. The molecule has 0 aliphatic rings. The van der Waals surface area contributed by atoms with Gasteiger partial charge < -0.3 is 16.4 Å². The standard InChI is InChI=1S/C12H11F3N6O4/c13-12(14,15)7-5-6(21(23)24)1-2-8(7)17-3-4-18-11(22)9-10(16)20-25-19-9/h1-2,5,17H,3-4H2,(H2,16,20)(H,18,22). The van der Waals surface area contributed by atoms with Crippen molar-refractivity contribution < 1.29 is 27.5 Å². The summed E-state index contributed by atoms with van der Waals surface area (Å²) >= 11 is 0. The molecule has 1 heterocycles. The van der Waals surface area contributed by atoms with Crippen LogP contribution >= 0.6 is 0 Å². The average molecular weight is 360 g/mol. The number of alkyl halides is 3. The second-order valence-electron chi connectivity index (χ2n) is 4.67. The van der Waals surface area contributed by atoms with E-state index in [9.17, 15) is 28.1 Å². The number of benzene rings is 1. The maximum absolute atomic E-state index is 13.0. The zero-order valence-electron chi connectivity index (χ0n) is 12.3. The molecule has 0 saturated heterocycles. The molecule has 0 aliphatic heterocycles. The largest absolute Gasteiger partial charge is 0.418 e. The molecule has 0 radical (unpaired) electrons. The molecule has 0 atom stereocenters. The third-order valence-corrected chi connectivity index (χ3v) is 2.97. The summed E-state index contributed by atoms with van der Waals surface area (Å²) in [5.74, 6) is -0.930. The Morgan fingerprint density at radius 2 is 2.04 bits per heavy atom. The molecule has 10 nitrogen and oxygen atoms in total. The van der Waals surface area contributed by atoms with Crippen LogP contribution in [-0.2, 0) is 6.18 Å². The van der Waals surface area contributed by atoms with Crippen molar-refractivity contribution in [2.75, 3.05) is 24.1 Å². The Labute approximate surface area is 137 Å². The number of non-ortho nitro benzene ring substituents is 1. The molecule has 2 rings (SSSR count). The molecule has 1 aromatic carbocycles. The monoisotopic (exact) mass is 360 g/mol. The van der Waals surface area contributed by atoms with Gasteiger partial charge in [-0.05, 0) is 16.4 Å². The van der Waals surface area contributed by atoms with Crippen LogP contribution in [0.25, 0.3) is 0 Å². The molecule has 0 bridgehead atoms. The summed E-state index contributed by atoms with van der Waals surface area (Å²) < 4.78 is 43.2. The highest BCUT2D eigenvalue weighted by Crippen LogP contribution is 2.36. The van der Waals surface area contributed by atoms with Crippen LogP contribution in [0.2, 0.25) is 0 Å². The Kier molecular flexibility index (Phi) is 5.05. The number of nitrogens with zero attached hydrogens (tertiary/aromatic N) is 3. The van der Waals surface area contributed by atoms with Gasteiger partial charge in [0.05, 0.1) is 10.5 Å². The predicted molar refractivity (Wildman–Crippen MR) is 77.6 cm³/mol. The van der Waals surface area contributed by atoms with Crippen LogP contribution in [0.3, 0.4) is 0 Å². The summed E-state index contributed by atoms with van der Waals surface area (Å²) in [5, 5.41) is 21.9. The van der Waals surface area contributed by atoms with Gasteiger partial charge in [0.2, 0.25) is 11.5 Å². The van der Waals surface area contributed by atoms with Crippen molar-refractivity contribution in [3.05, 3.63) is 39.6 Å². The van der Waals surface area contributed by atoms with E-state index in [0.717, 1.165) is 12.1 Å². The number of nitro groups is 1. The van der Waals surface area contributed by atoms with Gasteiger partial charge in [0.15, 0.2) is 0 Å². The summed E-state index contributed by atoms with van der Waals surface area (Å²) in [6.45, 7) is -0.156. The lowest BCUT2D eigenvalue weighted by molar-refractivity contribution is -0.385. The summed E-state index contributed by atoms with van der Waals surface area (Å²) in [5.41, 5.74) is 2.86. The van der Waals surface area contributed by atoms with Crippen LogP contribution in [0.5, 0.6) is 0 Å². The van der Waals surface area contributed by atoms with E-state index in [4.69, 9.17) is 5.73 Å². The third kappa shape index (κ3) is 4.33. The Morgan fingerprint density at radius 1 is 1.32 bits per heavy atom. The summed E-state index contributed by atoms with van der Waals surface area (Å²) in [6, 6.07) is 2.32. The summed E-state index contributed by atoms with van der Waals surface area (Å²) in [4.78, 5) is 21.3. The van der Waals surface area contributed by atoms with Gasteiger partial charge in [0.1, 0.15) is 0 Å². The molecule has 0 spiro atoms. The molecule has 1 amide bonds. The number of hydrogen-bond donors (Lipinski definition) is 3. The van der Waals surface area contributed by atoms with Gasteiger partial charge in [-0.1, -0.05) is 0 Å². The van der Waals surface area contributed by atoms with E-state index in [2.05, 4.69) is 25.6 Å². The van der Waals surface area contributed by atoms with Gasteiger partial charge in [-0.2, -0.15) is 13.2 Å². The van der Waals surface area contributed by atoms with Gasteiger partial charge in [0, 0.05) is 30.9 Å². The van der Waals surface area contributed by atoms with E-state index in [1.54, 1.807) is 0 Å². The van der Waals surface area contributed by atoms with Crippen molar-refractivity contribution in [2.24, 2.45) is 0 Å². The van der Waals surface area contributed by atoms with E-state index in [0.29, 0.717) is 6.07 Å². The zero-order chi connectivity index (χ0) is 18.6. The second-order valence-corrected chi connectivity index (χ2v) is 4.67. The Balaban J connectivity index is 1.99. The molecule has 4 N–H and O–H groups in total. The number of nitro benzene ring substituents is 1. The lowest BCUT2D eigenvalue weighted by atomic mass is 10.1. The van der Waals surface area contributed by atoms with Crippen LogP contribution in [0.4, 0.5) is 30.4 Å². The fraction of sp³-hybridized carbons (Fsp3) is 0.250. The molecule has 134 valence electrons. The SMILES string of the molecule is Nc1nonc1C(=O)NCCNc1ccc([N+](=O)[O-])cc1C(F)(F)F.